The molecular weight excluding hydrogens is 204 g/mol. The maximum Gasteiger partial charge on any atom is -0.0445 e. The largest absolute Gasteiger partial charge is 0.0651 e. The quantitative estimate of drug-likeness (QED) is 0.475. The lowest BCUT2D eigenvalue weighted by Gasteiger charge is -2.09. The Kier molecular flexibility index (Phi) is 14.2. The zero-order valence-corrected chi connectivity index (χ0v) is 13.8. The van der Waals surface area contributed by atoms with Crippen molar-refractivity contribution in [3.05, 3.63) is 0 Å². The first-order chi connectivity index (χ1) is 7.79. The highest BCUT2D eigenvalue weighted by atomic mass is 14.1. The van der Waals surface area contributed by atoms with Crippen molar-refractivity contribution in [1.82, 2.24) is 0 Å². The van der Waals surface area contributed by atoms with Gasteiger partial charge in [0.05, 0.1) is 0 Å². The first kappa shape index (κ1) is 19.3. The molecule has 1 atom stereocenters. The molecule has 0 N–H and O–H groups in total. The molecule has 0 spiro atoms. The highest BCUT2D eigenvalue weighted by Gasteiger charge is 1.99. The molecule has 0 heterocycles. The summed E-state index contributed by atoms with van der Waals surface area (Å²) in [7, 11) is 0. The number of hydrogen-bond acceptors (Lipinski definition) is 0. The van der Waals surface area contributed by atoms with Crippen molar-refractivity contribution in [3.8, 4) is 0 Å². The van der Waals surface area contributed by atoms with E-state index in [2.05, 4.69) is 55.4 Å². The average molecular weight is 242 g/mol. The Balaban J connectivity index is 0. The van der Waals surface area contributed by atoms with Gasteiger partial charge in [0, 0.05) is 0 Å². The fourth-order valence-corrected chi connectivity index (χ4v) is 1.49. The molecular formula is C17H38. The molecule has 0 aromatic heterocycles. The Morgan fingerprint density at radius 2 is 0.824 bits per heavy atom. The first-order valence-electron chi connectivity index (χ1n) is 7.79. The van der Waals surface area contributed by atoms with Gasteiger partial charge >= 0.3 is 0 Å². The van der Waals surface area contributed by atoms with E-state index < -0.39 is 0 Å². The van der Waals surface area contributed by atoms with Gasteiger partial charge in [0.2, 0.25) is 0 Å². The van der Waals surface area contributed by atoms with E-state index in [-0.39, 0.29) is 0 Å². The number of rotatable bonds is 7. The molecule has 0 fully saturated rings. The minimum Gasteiger partial charge on any atom is -0.0651 e. The van der Waals surface area contributed by atoms with Crippen LogP contribution in [0.25, 0.3) is 0 Å². The van der Waals surface area contributed by atoms with Crippen LogP contribution in [0.2, 0.25) is 0 Å². The molecule has 0 rings (SSSR count). The second-order valence-corrected chi connectivity index (χ2v) is 6.85. The van der Waals surface area contributed by atoms with E-state index in [1.807, 2.05) is 0 Å². The van der Waals surface area contributed by atoms with Crippen molar-refractivity contribution in [2.24, 2.45) is 23.7 Å². The Hall–Kier alpha value is 0. The smallest absolute Gasteiger partial charge is 0.0445 e. The summed E-state index contributed by atoms with van der Waals surface area (Å²) in [4.78, 5) is 0. The second-order valence-electron chi connectivity index (χ2n) is 6.85. The predicted molar refractivity (Wildman–Crippen MR) is 82.4 cm³/mol. The summed E-state index contributed by atoms with van der Waals surface area (Å²) in [6.45, 7) is 18.3. The molecule has 0 aliphatic heterocycles. The van der Waals surface area contributed by atoms with Crippen molar-refractivity contribution < 1.29 is 0 Å². The zero-order chi connectivity index (χ0) is 13.8. The summed E-state index contributed by atoms with van der Waals surface area (Å²) < 4.78 is 0. The van der Waals surface area contributed by atoms with Gasteiger partial charge in [0.1, 0.15) is 0 Å². The van der Waals surface area contributed by atoms with Crippen molar-refractivity contribution in [2.75, 3.05) is 0 Å². The van der Waals surface area contributed by atoms with Gasteiger partial charge in [-0.2, -0.15) is 0 Å². The topological polar surface area (TPSA) is 0 Å². The molecule has 0 aromatic rings. The summed E-state index contributed by atoms with van der Waals surface area (Å²) in [6, 6.07) is 0. The summed E-state index contributed by atoms with van der Waals surface area (Å²) in [5.41, 5.74) is 0. The van der Waals surface area contributed by atoms with Crippen molar-refractivity contribution in [1.29, 1.82) is 0 Å². The van der Waals surface area contributed by atoms with E-state index in [9.17, 15) is 0 Å². The van der Waals surface area contributed by atoms with Gasteiger partial charge in [-0.3, -0.25) is 0 Å². The molecule has 0 nitrogen and oxygen atoms in total. The molecule has 106 valence electrons. The van der Waals surface area contributed by atoms with Crippen LogP contribution in [0.4, 0.5) is 0 Å². The van der Waals surface area contributed by atoms with Gasteiger partial charge in [0.15, 0.2) is 0 Å². The summed E-state index contributed by atoms with van der Waals surface area (Å²) in [5.74, 6) is 3.60. The Bertz CT molecular complexity index is 125. The van der Waals surface area contributed by atoms with Crippen LogP contribution in [0, 0.1) is 23.7 Å². The lowest BCUT2D eigenvalue weighted by Crippen LogP contribution is -1.95. The van der Waals surface area contributed by atoms with Gasteiger partial charge in [-0.05, 0) is 23.7 Å². The van der Waals surface area contributed by atoms with E-state index in [4.69, 9.17) is 0 Å². The molecule has 0 aliphatic carbocycles. The molecule has 0 saturated carbocycles. The Morgan fingerprint density at radius 1 is 0.529 bits per heavy atom. The van der Waals surface area contributed by atoms with Gasteiger partial charge < -0.3 is 0 Å². The molecule has 0 aliphatic rings. The summed E-state index contributed by atoms with van der Waals surface area (Å²) in [6.07, 6.45) is 6.92. The first-order valence-corrected chi connectivity index (χ1v) is 7.79. The molecule has 0 aromatic carbocycles. The number of hydrogen-bond donors (Lipinski definition) is 0. The van der Waals surface area contributed by atoms with Gasteiger partial charge in [-0.1, -0.05) is 87.5 Å². The molecule has 0 radical (unpaired) electrons. The third-order valence-corrected chi connectivity index (χ3v) is 3.26. The van der Waals surface area contributed by atoms with Crippen LogP contribution in [0.3, 0.4) is 0 Å². The summed E-state index contributed by atoms with van der Waals surface area (Å²) >= 11 is 0. The molecule has 0 bridgehead atoms. The molecule has 17 heavy (non-hydrogen) atoms. The third-order valence-electron chi connectivity index (χ3n) is 3.26. The van der Waals surface area contributed by atoms with Crippen LogP contribution in [0.1, 0.15) is 87.5 Å². The Labute approximate surface area is 112 Å². The second kappa shape index (κ2) is 12.5. The SMILES string of the molecule is CC(C)CCC(C)C.CCC(C)CCC(C)C. The Morgan fingerprint density at radius 3 is 1.06 bits per heavy atom. The lowest BCUT2D eigenvalue weighted by molar-refractivity contribution is 0.441. The summed E-state index contributed by atoms with van der Waals surface area (Å²) in [5, 5.41) is 0. The maximum atomic E-state index is 2.34. The van der Waals surface area contributed by atoms with Crippen LogP contribution in [0.5, 0.6) is 0 Å². The molecule has 0 saturated heterocycles. The lowest BCUT2D eigenvalue weighted by atomic mass is 9.98. The van der Waals surface area contributed by atoms with Gasteiger partial charge in [-0.25, -0.2) is 0 Å². The van der Waals surface area contributed by atoms with Crippen LogP contribution in [0.15, 0.2) is 0 Å². The molecule has 1 unspecified atom stereocenters. The molecule has 0 amide bonds. The third kappa shape index (κ3) is 21.8. The van der Waals surface area contributed by atoms with E-state index in [1.165, 1.54) is 32.1 Å². The molecule has 0 heteroatoms. The van der Waals surface area contributed by atoms with E-state index in [0.29, 0.717) is 0 Å². The van der Waals surface area contributed by atoms with Gasteiger partial charge in [-0.15, -0.1) is 0 Å². The van der Waals surface area contributed by atoms with Crippen molar-refractivity contribution in [2.45, 2.75) is 87.5 Å². The fraction of sp³-hybridized carbons (Fsp3) is 1.00. The van der Waals surface area contributed by atoms with Crippen LogP contribution in [-0.4, -0.2) is 0 Å². The average Bonchev–Trinajstić information content (AvgIpc) is 2.23. The minimum absolute atomic E-state index is 0.886. The standard InChI is InChI=1S/C9H20.C8H18/c1-5-9(4)7-6-8(2)3;1-7(2)5-6-8(3)4/h8-9H,5-7H2,1-4H3;7-8H,5-6H2,1-4H3. The van der Waals surface area contributed by atoms with E-state index in [0.717, 1.165) is 23.7 Å². The van der Waals surface area contributed by atoms with Crippen molar-refractivity contribution >= 4 is 0 Å². The van der Waals surface area contributed by atoms with E-state index in [1.54, 1.807) is 0 Å². The normalized spacial score (nSPS) is 12.9. The highest BCUT2D eigenvalue weighted by Crippen LogP contribution is 2.13. The highest BCUT2D eigenvalue weighted by molar-refractivity contribution is 4.52. The maximum absolute atomic E-state index is 2.34. The van der Waals surface area contributed by atoms with Crippen LogP contribution in [-0.2, 0) is 0 Å². The van der Waals surface area contributed by atoms with Gasteiger partial charge in [0.25, 0.3) is 0 Å². The van der Waals surface area contributed by atoms with Crippen LogP contribution >= 0.6 is 0 Å². The predicted octanol–water partition coefficient (Wildman–Crippen LogP) is 6.55. The van der Waals surface area contributed by atoms with E-state index >= 15 is 0 Å². The van der Waals surface area contributed by atoms with Crippen molar-refractivity contribution in [3.63, 3.8) is 0 Å². The minimum atomic E-state index is 0.886. The van der Waals surface area contributed by atoms with Crippen LogP contribution < -0.4 is 0 Å². The fourth-order valence-electron chi connectivity index (χ4n) is 1.49. The monoisotopic (exact) mass is 242 g/mol. The zero-order valence-electron chi connectivity index (χ0n) is 13.8.